The van der Waals surface area contributed by atoms with E-state index in [4.69, 9.17) is 13.9 Å². The molecular formula is C22H21NO5. The Morgan fingerprint density at radius 2 is 2.07 bits per heavy atom. The van der Waals surface area contributed by atoms with E-state index in [9.17, 15) is 9.59 Å². The minimum absolute atomic E-state index is 0.0720. The Balaban J connectivity index is 1.53. The largest absolute Gasteiger partial charge is 0.490 e. The lowest BCUT2D eigenvalue weighted by Gasteiger charge is -2.14. The minimum atomic E-state index is -0.415. The Morgan fingerprint density at radius 3 is 2.89 bits per heavy atom. The molecule has 0 spiro atoms. The fourth-order valence-corrected chi connectivity index (χ4v) is 3.34. The van der Waals surface area contributed by atoms with Gasteiger partial charge in [-0.25, -0.2) is 4.79 Å². The monoisotopic (exact) mass is 379 g/mol. The third-order valence-electron chi connectivity index (χ3n) is 4.79. The highest BCUT2D eigenvalue weighted by Crippen LogP contribution is 2.24. The maximum atomic E-state index is 12.8. The number of rotatable bonds is 5. The van der Waals surface area contributed by atoms with Crippen LogP contribution in [-0.4, -0.2) is 25.2 Å². The predicted octanol–water partition coefficient (Wildman–Crippen LogP) is 3.91. The summed E-state index contributed by atoms with van der Waals surface area (Å²) in [5, 5.41) is 3.68. The van der Waals surface area contributed by atoms with Gasteiger partial charge in [0.2, 0.25) is 0 Å². The SMILES string of the molecule is Cc1cc(=O)oc2cc(NC(=O)c3ccccc3OC[C@H]3CCCO3)ccc12. The van der Waals surface area contributed by atoms with E-state index in [1.807, 2.05) is 19.1 Å². The lowest BCUT2D eigenvalue weighted by molar-refractivity contribution is 0.0673. The zero-order valence-electron chi connectivity index (χ0n) is 15.6. The van der Waals surface area contributed by atoms with Crippen LogP contribution in [0.4, 0.5) is 5.69 Å². The summed E-state index contributed by atoms with van der Waals surface area (Å²) in [5.74, 6) is 0.218. The molecule has 0 aliphatic carbocycles. The van der Waals surface area contributed by atoms with Gasteiger partial charge in [0.05, 0.1) is 11.7 Å². The van der Waals surface area contributed by atoms with E-state index < -0.39 is 5.63 Å². The topological polar surface area (TPSA) is 77.8 Å². The fraction of sp³-hybridized carbons (Fsp3) is 0.273. The van der Waals surface area contributed by atoms with Crippen LogP contribution < -0.4 is 15.7 Å². The molecule has 6 nitrogen and oxygen atoms in total. The van der Waals surface area contributed by atoms with Crippen molar-refractivity contribution in [3.05, 3.63) is 70.1 Å². The van der Waals surface area contributed by atoms with Crippen molar-refractivity contribution in [2.75, 3.05) is 18.5 Å². The molecule has 144 valence electrons. The van der Waals surface area contributed by atoms with Crippen LogP contribution in [0.2, 0.25) is 0 Å². The van der Waals surface area contributed by atoms with Crippen molar-refractivity contribution in [3.63, 3.8) is 0 Å². The molecule has 0 unspecified atom stereocenters. The summed E-state index contributed by atoms with van der Waals surface area (Å²) < 4.78 is 16.6. The molecule has 0 saturated carbocycles. The van der Waals surface area contributed by atoms with Crippen molar-refractivity contribution in [1.82, 2.24) is 0 Å². The zero-order valence-corrected chi connectivity index (χ0v) is 15.6. The smallest absolute Gasteiger partial charge is 0.336 e. The molecule has 2 heterocycles. The molecule has 28 heavy (non-hydrogen) atoms. The van der Waals surface area contributed by atoms with Crippen LogP contribution in [-0.2, 0) is 4.74 Å². The number of para-hydroxylation sites is 1. The summed E-state index contributed by atoms with van der Waals surface area (Å²) in [5.41, 5.74) is 1.83. The van der Waals surface area contributed by atoms with E-state index >= 15 is 0 Å². The number of benzene rings is 2. The van der Waals surface area contributed by atoms with Gasteiger partial charge in [-0.2, -0.15) is 0 Å². The molecule has 1 amide bonds. The van der Waals surface area contributed by atoms with Crippen molar-refractivity contribution >= 4 is 22.6 Å². The normalized spacial score (nSPS) is 16.2. The number of hydrogen-bond donors (Lipinski definition) is 1. The molecule has 4 rings (SSSR count). The lowest BCUT2D eigenvalue weighted by Crippen LogP contribution is -2.19. The van der Waals surface area contributed by atoms with Crippen LogP contribution >= 0.6 is 0 Å². The third-order valence-corrected chi connectivity index (χ3v) is 4.79. The molecule has 0 bridgehead atoms. The second-order valence-electron chi connectivity index (χ2n) is 6.86. The number of nitrogens with one attached hydrogen (secondary N) is 1. The van der Waals surface area contributed by atoms with Gasteiger partial charge in [0, 0.05) is 29.8 Å². The summed E-state index contributed by atoms with van der Waals surface area (Å²) in [7, 11) is 0. The summed E-state index contributed by atoms with van der Waals surface area (Å²) >= 11 is 0. The van der Waals surface area contributed by atoms with E-state index in [1.54, 1.807) is 30.3 Å². The molecule has 1 aliphatic heterocycles. The van der Waals surface area contributed by atoms with Gasteiger partial charge in [-0.1, -0.05) is 12.1 Å². The Labute approximate surface area is 162 Å². The van der Waals surface area contributed by atoms with Gasteiger partial charge in [-0.05, 0) is 49.6 Å². The fourth-order valence-electron chi connectivity index (χ4n) is 3.34. The third kappa shape index (κ3) is 3.92. The van der Waals surface area contributed by atoms with Crippen LogP contribution in [0.1, 0.15) is 28.8 Å². The standard InChI is InChI=1S/C22H21NO5/c1-14-11-21(24)28-20-12-15(8-9-17(14)20)23-22(25)18-6-2-3-7-19(18)27-13-16-5-4-10-26-16/h2-3,6-9,11-12,16H,4-5,10,13H2,1H3,(H,23,25)/t16-/m1/s1. The van der Waals surface area contributed by atoms with Gasteiger partial charge in [0.1, 0.15) is 17.9 Å². The average Bonchev–Trinajstić information content (AvgIpc) is 3.20. The molecule has 1 N–H and O–H groups in total. The molecule has 6 heteroatoms. The predicted molar refractivity (Wildman–Crippen MR) is 106 cm³/mol. The molecule has 1 atom stereocenters. The number of anilines is 1. The van der Waals surface area contributed by atoms with Crippen LogP contribution in [0.5, 0.6) is 5.75 Å². The lowest BCUT2D eigenvalue weighted by atomic mass is 10.1. The summed E-state index contributed by atoms with van der Waals surface area (Å²) in [6.07, 6.45) is 2.08. The molecule has 3 aromatic rings. The maximum absolute atomic E-state index is 12.8. The highest BCUT2D eigenvalue weighted by atomic mass is 16.5. The van der Waals surface area contributed by atoms with Gasteiger partial charge < -0.3 is 19.2 Å². The molecule has 1 aromatic heterocycles. The number of aryl methyl sites for hydroxylation is 1. The number of fused-ring (bicyclic) bond motifs is 1. The molecule has 2 aromatic carbocycles. The Hall–Kier alpha value is -3.12. The molecule has 1 aliphatic rings. The van der Waals surface area contributed by atoms with Gasteiger partial charge >= 0.3 is 5.63 Å². The average molecular weight is 379 g/mol. The van der Waals surface area contributed by atoms with E-state index in [-0.39, 0.29) is 12.0 Å². The second-order valence-corrected chi connectivity index (χ2v) is 6.86. The van der Waals surface area contributed by atoms with Gasteiger partial charge in [0.25, 0.3) is 5.91 Å². The van der Waals surface area contributed by atoms with Crippen LogP contribution in [0.3, 0.4) is 0 Å². The first kappa shape index (κ1) is 18.3. The molecule has 1 saturated heterocycles. The first-order valence-corrected chi connectivity index (χ1v) is 9.29. The van der Waals surface area contributed by atoms with E-state index in [0.717, 1.165) is 30.4 Å². The van der Waals surface area contributed by atoms with Gasteiger partial charge in [0.15, 0.2) is 0 Å². The van der Waals surface area contributed by atoms with Crippen molar-refractivity contribution in [2.24, 2.45) is 0 Å². The number of hydrogen-bond acceptors (Lipinski definition) is 5. The van der Waals surface area contributed by atoms with E-state index in [2.05, 4.69) is 5.32 Å². The first-order valence-electron chi connectivity index (χ1n) is 9.29. The number of carbonyl (C=O) groups is 1. The van der Waals surface area contributed by atoms with E-state index in [0.29, 0.717) is 29.2 Å². The van der Waals surface area contributed by atoms with Crippen molar-refractivity contribution in [3.8, 4) is 5.75 Å². The number of amides is 1. The number of carbonyl (C=O) groups excluding carboxylic acids is 1. The maximum Gasteiger partial charge on any atom is 0.336 e. The van der Waals surface area contributed by atoms with Crippen LogP contribution in [0, 0.1) is 6.92 Å². The molecule has 1 fully saturated rings. The highest BCUT2D eigenvalue weighted by molar-refractivity contribution is 6.06. The summed E-state index contributed by atoms with van der Waals surface area (Å²) in [6, 6.07) is 13.8. The quantitative estimate of drug-likeness (QED) is 0.680. The summed E-state index contributed by atoms with van der Waals surface area (Å²) in [6.45, 7) is 3.03. The van der Waals surface area contributed by atoms with Crippen molar-refractivity contribution in [2.45, 2.75) is 25.9 Å². The van der Waals surface area contributed by atoms with Crippen LogP contribution in [0.15, 0.2) is 57.7 Å². The van der Waals surface area contributed by atoms with Crippen molar-refractivity contribution < 1.29 is 18.7 Å². The minimum Gasteiger partial charge on any atom is -0.490 e. The Morgan fingerprint density at radius 1 is 1.21 bits per heavy atom. The second kappa shape index (κ2) is 7.86. The Bertz CT molecular complexity index is 1070. The van der Waals surface area contributed by atoms with Gasteiger partial charge in [-0.3, -0.25) is 4.79 Å². The molecular weight excluding hydrogens is 358 g/mol. The Kier molecular flexibility index (Phi) is 5.12. The van der Waals surface area contributed by atoms with Crippen molar-refractivity contribution in [1.29, 1.82) is 0 Å². The first-order chi connectivity index (χ1) is 13.6. The number of ether oxygens (including phenoxy) is 2. The zero-order chi connectivity index (χ0) is 19.5. The van der Waals surface area contributed by atoms with Crippen LogP contribution in [0.25, 0.3) is 11.0 Å². The van der Waals surface area contributed by atoms with Gasteiger partial charge in [-0.15, -0.1) is 0 Å². The summed E-state index contributed by atoms with van der Waals surface area (Å²) in [4.78, 5) is 24.4. The molecule has 0 radical (unpaired) electrons. The van der Waals surface area contributed by atoms with E-state index in [1.165, 1.54) is 6.07 Å². The highest BCUT2D eigenvalue weighted by Gasteiger charge is 2.18.